The third kappa shape index (κ3) is 4.04. The molecule has 0 bridgehead atoms. The van der Waals surface area contributed by atoms with E-state index in [4.69, 9.17) is 5.11 Å². The van der Waals surface area contributed by atoms with E-state index in [2.05, 4.69) is 10.4 Å². The summed E-state index contributed by atoms with van der Waals surface area (Å²) in [6, 6.07) is -0.879. The maximum atomic E-state index is 11.6. The van der Waals surface area contributed by atoms with Gasteiger partial charge in [0.15, 0.2) is 0 Å². The summed E-state index contributed by atoms with van der Waals surface area (Å²) in [6.45, 7) is 3.48. The lowest BCUT2D eigenvalue weighted by molar-refractivity contribution is -0.142. The molecule has 0 aromatic carbocycles. The molecule has 0 unspecified atom stereocenters. The minimum absolute atomic E-state index is 0.168. The van der Waals surface area contributed by atoms with Crippen LogP contribution in [0.15, 0.2) is 18.5 Å². The van der Waals surface area contributed by atoms with E-state index in [1.807, 2.05) is 0 Å². The van der Waals surface area contributed by atoms with Crippen LogP contribution in [0.1, 0.15) is 19.4 Å². The summed E-state index contributed by atoms with van der Waals surface area (Å²) in [6.07, 6.45) is 6.25. The molecule has 0 fully saturated rings. The van der Waals surface area contributed by atoms with Crippen LogP contribution in [0, 0.1) is 5.92 Å². The fourth-order valence-corrected chi connectivity index (χ4v) is 1.41. The third-order valence-electron chi connectivity index (χ3n) is 2.38. The zero-order valence-electron chi connectivity index (χ0n) is 10.6. The van der Waals surface area contributed by atoms with Gasteiger partial charge in [0, 0.05) is 24.9 Å². The Morgan fingerprint density at radius 3 is 2.61 bits per heavy atom. The smallest absolute Gasteiger partial charge is 0.326 e. The van der Waals surface area contributed by atoms with Crippen LogP contribution in [0.2, 0.25) is 0 Å². The second kappa shape index (κ2) is 6.00. The van der Waals surface area contributed by atoms with Gasteiger partial charge in [0.1, 0.15) is 6.04 Å². The van der Waals surface area contributed by atoms with Crippen molar-refractivity contribution in [3.63, 3.8) is 0 Å². The first-order chi connectivity index (χ1) is 8.40. The Morgan fingerprint density at radius 2 is 2.17 bits per heavy atom. The molecule has 0 aliphatic carbocycles. The standard InChI is InChI=1S/C12H17N3O3/c1-8(2)11(12(17)18)14-10(16)5-4-9-6-13-15(3)7-9/h4-8,11H,1-3H3,(H,14,16)(H,17,18)/b5-4+/t11-/m0/s1. The molecule has 0 aliphatic heterocycles. The van der Waals surface area contributed by atoms with Crippen molar-refractivity contribution in [3.05, 3.63) is 24.0 Å². The number of amides is 1. The molecule has 6 nitrogen and oxygen atoms in total. The number of aliphatic carboxylic acids is 1. The Bertz CT molecular complexity index is 463. The Labute approximate surface area is 105 Å². The maximum Gasteiger partial charge on any atom is 0.326 e. The van der Waals surface area contributed by atoms with Crippen LogP contribution in [0.25, 0.3) is 6.08 Å². The molecule has 6 heteroatoms. The number of hydrogen-bond acceptors (Lipinski definition) is 3. The van der Waals surface area contributed by atoms with Gasteiger partial charge in [-0.2, -0.15) is 5.10 Å². The van der Waals surface area contributed by atoms with Crippen molar-refractivity contribution in [1.29, 1.82) is 0 Å². The number of carboxylic acid groups (broad SMARTS) is 1. The third-order valence-corrected chi connectivity index (χ3v) is 2.38. The summed E-state index contributed by atoms with van der Waals surface area (Å²) in [5, 5.41) is 15.3. The average molecular weight is 251 g/mol. The Kier molecular flexibility index (Phi) is 4.65. The number of carbonyl (C=O) groups is 2. The first-order valence-corrected chi connectivity index (χ1v) is 5.60. The van der Waals surface area contributed by atoms with E-state index < -0.39 is 17.9 Å². The molecule has 1 aromatic heterocycles. The second-order valence-corrected chi connectivity index (χ2v) is 4.35. The van der Waals surface area contributed by atoms with Gasteiger partial charge < -0.3 is 10.4 Å². The second-order valence-electron chi connectivity index (χ2n) is 4.35. The number of nitrogens with one attached hydrogen (secondary N) is 1. The summed E-state index contributed by atoms with van der Waals surface area (Å²) in [7, 11) is 1.77. The predicted octanol–water partition coefficient (Wildman–Crippen LogP) is 0.659. The van der Waals surface area contributed by atoms with E-state index in [9.17, 15) is 9.59 Å². The monoisotopic (exact) mass is 251 g/mol. The minimum atomic E-state index is -1.03. The maximum absolute atomic E-state index is 11.6. The van der Waals surface area contributed by atoms with Gasteiger partial charge in [-0.05, 0) is 12.0 Å². The van der Waals surface area contributed by atoms with Crippen molar-refractivity contribution in [2.24, 2.45) is 13.0 Å². The summed E-state index contributed by atoms with van der Waals surface area (Å²) in [5.41, 5.74) is 0.782. The zero-order chi connectivity index (χ0) is 13.7. The van der Waals surface area contributed by atoms with Gasteiger partial charge in [-0.1, -0.05) is 13.8 Å². The lowest BCUT2D eigenvalue weighted by Gasteiger charge is -2.16. The highest BCUT2D eigenvalue weighted by molar-refractivity contribution is 5.94. The number of hydrogen-bond donors (Lipinski definition) is 2. The van der Waals surface area contributed by atoms with E-state index in [1.54, 1.807) is 44.0 Å². The Morgan fingerprint density at radius 1 is 1.50 bits per heavy atom. The molecule has 0 saturated heterocycles. The van der Waals surface area contributed by atoms with Crippen molar-refractivity contribution < 1.29 is 14.7 Å². The predicted molar refractivity (Wildman–Crippen MR) is 66.6 cm³/mol. The van der Waals surface area contributed by atoms with Gasteiger partial charge in [0.2, 0.25) is 5.91 Å². The van der Waals surface area contributed by atoms with E-state index in [0.29, 0.717) is 0 Å². The van der Waals surface area contributed by atoms with Gasteiger partial charge in [-0.15, -0.1) is 0 Å². The molecule has 98 valence electrons. The highest BCUT2D eigenvalue weighted by Crippen LogP contribution is 2.03. The lowest BCUT2D eigenvalue weighted by atomic mass is 10.0. The highest BCUT2D eigenvalue weighted by Gasteiger charge is 2.22. The molecule has 0 radical (unpaired) electrons. The van der Waals surface area contributed by atoms with Crippen molar-refractivity contribution >= 4 is 18.0 Å². The number of aryl methyl sites for hydroxylation is 1. The van der Waals surface area contributed by atoms with Crippen molar-refractivity contribution in [1.82, 2.24) is 15.1 Å². The van der Waals surface area contributed by atoms with Crippen LogP contribution in [0.4, 0.5) is 0 Å². The molecular formula is C12H17N3O3. The van der Waals surface area contributed by atoms with Crippen LogP contribution in [0.5, 0.6) is 0 Å². The topological polar surface area (TPSA) is 84.2 Å². The molecule has 0 aliphatic rings. The van der Waals surface area contributed by atoms with Gasteiger partial charge in [0.25, 0.3) is 0 Å². The van der Waals surface area contributed by atoms with Crippen molar-refractivity contribution in [3.8, 4) is 0 Å². The van der Waals surface area contributed by atoms with E-state index in [-0.39, 0.29) is 5.92 Å². The first-order valence-electron chi connectivity index (χ1n) is 5.60. The van der Waals surface area contributed by atoms with Gasteiger partial charge in [-0.3, -0.25) is 9.48 Å². The molecule has 18 heavy (non-hydrogen) atoms. The van der Waals surface area contributed by atoms with Gasteiger partial charge >= 0.3 is 5.97 Å². The van der Waals surface area contributed by atoms with E-state index in [1.165, 1.54) is 6.08 Å². The number of carboxylic acids is 1. The van der Waals surface area contributed by atoms with Crippen LogP contribution < -0.4 is 5.32 Å². The normalized spacial score (nSPS) is 12.9. The summed E-state index contributed by atoms with van der Waals surface area (Å²) < 4.78 is 1.62. The number of aromatic nitrogens is 2. The van der Waals surface area contributed by atoms with Crippen molar-refractivity contribution in [2.45, 2.75) is 19.9 Å². The summed E-state index contributed by atoms with van der Waals surface area (Å²) >= 11 is 0. The molecule has 1 atom stereocenters. The SMILES string of the molecule is CC(C)[C@H](NC(=O)/C=C/c1cnn(C)c1)C(=O)O. The molecular weight excluding hydrogens is 234 g/mol. The number of rotatable bonds is 5. The average Bonchev–Trinajstić information content (AvgIpc) is 2.68. The molecule has 0 saturated carbocycles. The number of carbonyl (C=O) groups excluding carboxylic acids is 1. The first kappa shape index (κ1) is 14.0. The Balaban J connectivity index is 2.60. The van der Waals surface area contributed by atoms with Crippen LogP contribution in [-0.4, -0.2) is 32.8 Å². The molecule has 1 aromatic rings. The summed E-state index contributed by atoms with van der Waals surface area (Å²) in [5.74, 6) is -1.63. The van der Waals surface area contributed by atoms with Crippen LogP contribution >= 0.6 is 0 Å². The largest absolute Gasteiger partial charge is 0.480 e. The van der Waals surface area contributed by atoms with Crippen LogP contribution in [-0.2, 0) is 16.6 Å². The molecule has 1 heterocycles. The van der Waals surface area contributed by atoms with Gasteiger partial charge in [-0.25, -0.2) is 4.79 Å². The van der Waals surface area contributed by atoms with Crippen molar-refractivity contribution in [2.75, 3.05) is 0 Å². The lowest BCUT2D eigenvalue weighted by Crippen LogP contribution is -2.43. The molecule has 1 amide bonds. The fraction of sp³-hybridized carbons (Fsp3) is 0.417. The quantitative estimate of drug-likeness (QED) is 0.753. The number of nitrogens with zero attached hydrogens (tertiary/aromatic N) is 2. The molecule has 1 rings (SSSR count). The Hall–Kier alpha value is -2.11. The summed E-state index contributed by atoms with van der Waals surface area (Å²) in [4.78, 5) is 22.5. The highest BCUT2D eigenvalue weighted by atomic mass is 16.4. The van der Waals surface area contributed by atoms with Crippen LogP contribution in [0.3, 0.4) is 0 Å². The molecule has 0 spiro atoms. The van der Waals surface area contributed by atoms with Gasteiger partial charge in [0.05, 0.1) is 6.20 Å². The van der Waals surface area contributed by atoms with E-state index >= 15 is 0 Å². The fourth-order valence-electron chi connectivity index (χ4n) is 1.41. The zero-order valence-corrected chi connectivity index (χ0v) is 10.6. The van der Waals surface area contributed by atoms with E-state index in [0.717, 1.165) is 5.56 Å². The molecule has 2 N–H and O–H groups in total. The minimum Gasteiger partial charge on any atom is -0.480 e.